The third-order valence-corrected chi connectivity index (χ3v) is 3.59. The Balaban J connectivity index is 1.70. The number of hydrogen-bond donors (Lipinski definition) is 3. The highest BCUT2D eigenvalue weighted by atomic mass is 16.5. The van der Waals surface area contributed by atoms with Crippen LogP contribution in [0.2, 0.25) is 0 Å². The number of H-pyrrole nitrogens is 1. The fourth-order valence-electron chi connectivity index (χ4n) is 2.46. The highest BCUT2D eigenvalue weighted by molar-refractivity contribution is 6.07. The van der Waals surface area contributed by atoms with E-state index in [0.29, 0.717) is 28.0 Å². The normalized spacial score (nSPS) is 10.7. The summed E-state index contributed by atoms with van der Waals surface area (Å²) in [5, 5.41) is 6.21. The predicted octanol–water partition coefficient (Wildman–Crippen LogP) is 2.72. The molecule has 3 N–H and O–H groups in total. The molecule has 3 aromatic rings. The van der Waals surface area contributed by atoms with Crippen LogP contribution >= 0.6 is 0 Å². The second-order valence-corrected chi connectivity index (χ2v) is 6.10. The Morgan fingerprint density at radius 2 is 2.00 bits per heavy atom. The summed E-state index contributed by atoms with van der Waals surface area (Å²) in [6.07, 6.45) is 3.14. The van der Waals surface area contributed by atoms with Crippen LogP contribution in [-0.2, 0) is 4.79 Å². The van der Waals surface area contributed by atoms with Crippen molar-refractivity contribution in [2.75, 3.05) is 11.9 Å². The summed E-state index contributed by atoms with van der Waals surface area (Å²) in [4.78, 5) is 31.5. The summed E-state index contributed by atoms with van der Waals surface area (Å²) in [5.41, 5.74) is 1.56. The largest absolute Gasteiger partial charge is 0.484 e. The number of ether oxygens (including phenoxy) is 1. The van der Waals surface area contributed by atoms with Gasteiger partial charge in [0, 0.05) is 17.6 Å². The number of nitrogens with one attached hydrogen (secondary N) is 3. The van der Waals surface area contributed by atoms with Crippen molar-refractivity contribution in [2.24, 2.45) is 0 Å². The number of fused-ring (bicyclic) bond motifs is 1. The first-order chi connectivity index (χ1) is 12.5. The highest BCUT2D eigenvalue weighted by Crippen LogP contribution is 2.20. The van der Waals surface area contributed by atoms with E-state index in [-0.39, 0.29) is 24.5 Å². The topological polar surface area (TPSA) is 96.1 Å². The molecule has 0 unspecified atom stereocenters. The number of carbonyl (C=O) groups excluding carboxylic acids is 2. The Morgan fingerprint density at radius 3 is 2.73 bits per heavy atom. The molecule has 26 heavy (non-hydrogen) atoms. The zero-order valence-corrected chi connectivity index (χ0v) is 14.6. The molecular formula is C19H20N4O3. The molecule has 0 aliphatic heterocycles. The van der Waals surface area contributed by atoms with Crippen molar-refractivity contribution in [1.29, 1.82) is 0 Å². The van der Waals surface area contributed by atoms with Gasteiger partial charge in [-0.2, -0.15) is 0 Å². The standard InChI is InChI=1S/C19H20N4O3/c1-12(2)22-19(25)16-10-21-18-15(16)8-13(9-20-18)23-17(24)11-26-14-6-4-3-5-7-14/h3-10,12H,11H2,1-2H3,(H,20,21)(H,22,25)(H,23,24). The molecule has 0 atom stereocenters. The fourth-order valence-corrected chi connectivity index (χ4v) is 2.46. The number of rotatable bonds is 6. The smallest absolute Gasteiger partial charge is 0.262 e. The number of aromatic nitrogens is 2. The van der Waals surface area contributed by atoms with Gasteiger partial charge in [0.15, 0.2) is 6.61 Å². The minimum atomic E-state index is -0.307. The molecule has 134 valence electrons. The summed E-state index contributed by atoms with van der Waals surface area (Å²) in [6, 6.07) is 10.8. The molecule has 0 aliphatic carbocycles. The number of anilines is 1. The van der Waals surface area contributed by atoms with Gasteiger partial charge in [-0.15, -0.1) is 0 Å². The lowest BCUT2D eigenvalue weighted by Crippen LogP contribution is -2.29. The van der Waals surface area contributed by atoms with Gasteiger partial charge in [0.05, 0.1) is 17.4 Å². The molecular weight excluding hydrogens is 332 g/mol. The number of nitrogens with zero attached hydrogens (tertiary/aromatic N) is 1. The van der Waals surface area contributed by atoms with Gasteiger partial charge in [-0.3, -0.25) is 9.59 Å². The fraction of sp³-hybridized carbons (Fsp3) is 0.211. The van der Waals surface area contributed by atoms with Crippen LogP contribution in [0.15, 0.2) is 48.8 Å². The molecule has 2 heterocycles. The Bertz CT molecular complexity index is 919. The van der Waals surface area contributed by atoms with E-state index in [1.54, 1.807) is 24.4 Å². The summed E-state index contributed by atoms with van der Waals surface area (Å²) < 4.78 is 5.42. The van der Waals surface area contributed by atoms with Crippen molar-refractivity contribution < 1.29 is 14.3 Å². The van der Waals surface area contributed by atoms with E-state index in [0.717, 1.165) is 0 Å². The SMILES string of the molecule is CC(C)NC(=O)c1c[nH]c2ncc(NC(=O)COc3ccccc3)cc12. The van der Waals surface area contributed by atoms with Crippen LogP contribution < -0.4 is 15.4 Å². The third-order valence-electron chi connectivity index (χ3n) is 3.59. The lowest BCUT2D eigenvalue weighted by atomic mass is 10.2. The summed E-state index contributed by atoms with van der Waals surface area (Å²) >= 11 is 0. The Morgan fingerprint density at radius 1 is 1.23 bits per heavy atom. The number of para-hydroxylation sites is 1. The van der Waals surface area contributed by atoms with Gasteiger partial charge in [-0.05, 0) is 32.0 Å². The average Bonchev–Trinajstić information content (AvgIpc) is 3.03. The van der Waals surface area contributed by atoms with Crippen molar-refractivity contribution in [1.82, 2.24) is 15.3 Å². The molecule has 2 amide bonds. The van der Waals surface area contributed by atoms with E-state index in [4.69, 9.17) is 4.74 Å². The molecule has 0 spiro atoms. The van der Waals surface area contributed by atoms with E-state index in [2.05, 4.69) is 20.6 Å². The molecule has 0 saturated heterocycles. The van der Waals surface area contributed by atoms with Gasteiger partial charge in [0.2, 0.25) is 0 Å². The Labute approximate surface area is 150 Å². The second kappa shape index (κ2) is 7.69. The monoisotopic (exact) mass is 352 g/mol. The summed E-state index contributed by atoms with van der Waals surface area (Å²) in [7, 11) is 0. The van der Waals surface area contributed by atoms with Gasteiger partial charge in [0.1, 0.15) is 11.4 Å². The second-order valence-electron chi connectivity index (χ2n) is 6.10. The molecule has 0 saturated carbocycles. The Kier molecular flexibility index (Phi) is 5.17. The lowest BCUT2D eigenvalue weighted by Gasteiger charge is -2.09. The van der Waals surface area contributed by atoms with Gasteiger partial charge in [0.25, 0.3) is 11.8 Å². The van der Waals surface area contributed by atoms with Gasteiger partial charge in [-0.25, -0.2) is 4.98 Å². The number of carbonyl (C=O) groups is 2. The van der Waals surface area contributed by atoms with E-state index in [9.17, 15) is 9.59 Å². The molecule has 0 bridgehead atoms. The van der Waals surface area contributed by atoms with Crippen molar-refractivity contribution in [2.45, 2.75) is 19.9 Å². The summed E-state index contributed by atoms with van der Waals surface area (Å²) in [6.45, 7) is 3.67. The summed E-state index contributed by atoms with van der Waals surface area (Å²) in [5.74, 6) is 0.122. The minimum Gasteiger partial charge on any atom is -0.484 e. The molecule has 0 radical (unpaired) electrons. The third kappa shape index (κ3) is 4.18. The van der Waals surface area contributed by atoms with Crippen LogP contribution in [0.4, 0.5) is 5.69 Å². The van der Waals surface area contributed by atoms with Gasteiger partial charge < -0.3 is 20.4 Å². The van der Waals surface area contributed by atoms with E-state index in [1.165, 1.54) is 6.20 Å². The maximum absolute atomic E-state index is 12.3. The zero-order chi connectivity index (χ0) is 18.5. The van der Waals surface area contributed by atoms with Crippen LogP contribution in [0.25, 0.3) is 11.0 Å². The first-order valence-corrected chi connectivity index (χ1v) is 8.28. The van der Waals surface area contributed by atoms with Crippen LogP contribution in [0.1, 0.15) is 24.2 Å². The molecule has 0 fully saturated rings. The van der Waals surface area contributed by atoms with Crippen LogP contribution in [0, 0.1) is 0 Å². The first kappa shape index (κ1) is 17.5. The quantitative estimate of drug-likeness (QED) is 0.635. The molecule has 0 aliphatic rings. The van der Waals surface area contributed by atoms with Crippen LogP contribution in [0.5, 0.6) is 5.75 Å². The average molecular weight is 352 g/mol. The number of hydrogen-bond acceptors (Lipinski definition) is 4. The van der Waals surface area contributed by atoms with Crippen molar-refractivity contribution in [3.63, 3.8) is 0 Å². The van der Waals surface area contributed by atoms with Gasteiger partial charge >= 0.3 is 0 Å². The predicted molar refractivity (Wildman–Crippen MR) is 99.3 cm³/mol. The first-order valence-electron chi connectivity index (χ1n) is 8.28. The maximum atomic E-state index is 12.3. The lowest BCUT2D eigenvalue weighted by molar-refractivity contribution is -0.118. The number of pyridine rings is 1. The van der Waals surface area contributed by atoms with E-state index >= 15 is 0 Å². The van der Waals surface area contributed by atoms with Crippen LogP contribution in [0.3, 0.4) is 0 Å². The van der Waals surface area contributed by atoms with Crippen molar-refractivity contribution in [3.05, 3.63) is 54.4 Å². The molecule has 7 nitrogen and oxygen atoms in total. The number of amides is 2. The highest BCUT2D eigenvalue weighted by Gasteiger charge is 2.14. The Hall–Kier alpha value is -3.35. The minimum absolute atomic E-state index is 0.0263. The van der Waals surface area contributed by atoms with E-state index < -0.39 is 0 Å². The maximum Gasteiger partial charge on any atom is 0.262 e. The molecule has 7 heteroatoms. The van der Waals surface area contributed by atoms with Gasteiger partial charge in [-0.1, -0.05) is 18.2 Å². The molecule has 1 aromatic carbocycles. The molecule has 2 aromatic heterocycles. The van der Waals surface area contributed by atoms with Crippen molar-refractivity contribution >= 4 is 28.5 Å². The van der Waals surface area contributed by atoms with Crippen LogP contribution in [-0.4, -0.2) is 34.4 Å². The van der Waals surface area contributed by atoms with Crippen molar-refractivity contribution in [3.8, 4) is 5.75 Å². The zero-order valence-electron chi connectivity index (χ0n) is 14.6. The van der Waals surface area contributed by atoms with E-state index in [1.807, 2.05) is 32.0 Å². The molecule has 3 rings (SSSR count). The number of aromatic amines is 1. The number of benzene rings is 1.